The standard InChI is InChI=1S/C17H30N2O2/c1-6-9-14(7-2)18-15-10-8-12-19(13-11-15)16(20)21-17(3,4)5/h1,14-15,18H,7-13H2,2-5H3. The molecule has 120 valence electrons. The number of likely N-dealkylation sites (tertiary alicyclic amines) is 1. The highest BCUT2D eigenvalue weighted by atomic mass is 16.6. The minimum absolute atomic E-state index is 0.196. The van der Waals surface area contributed by atoms with Crippen LogP contribution < -0.4 is 5.32 Å². The number of carbonyl (C=O) groups is 1. The fourth-order valence-electron chi connectivity index (χ4n) is 2.57. The smallest absolute Gasteiger partial charge is 0.410 e. The average molecular weight is 294 g/mol. The number of carbonyl (C=O) groups excluding carboxylic acids is 1. The third-order valence-electron chi connectivity index (χ3n) is 3.71. The fraction of sp³-hybridized carbons (Fsp3) is 0.824. The van der Waals surface area contributed by atoms with Crippen molar-refractivity contribution in [1.82, 2.24) is 10.2 Å². The summed E-state index contributed by atoms with van der Waals surface area (Å²) in [6, 6.07) is 0.823. The largest absolute Gasteiger partial charge is 0.444 e. The van der Waals surface area contributed by atoms with Crippen molar-refractivity contribution < 1.29 is 9.53 Å². The third kappa shape index (κ3) is 6.86. The van der Waals surface area contributed by atoms with E-state index in [-0.39, 0.29) is 6.09 Å². The average Bonchev–Trinajstić information content (AvgIpc) is 2.62. The Bertz CT molecular complexity index is 368. The summed E-state index contributed by atoms with van der Waals surface area (Å²) in [5.41, 5.74) is -0.429. The van der Waals surface area contributed by atoms with Crippen molar-refractivity contribution in [3.8, 4) is 12.3 Å². The number of hydrogen-bond acceptors (Lipinski definition) is 3. The van der Waals surface area contributed by atoms with Crippen molar-refractivity contribution in [3.05, 3.63) is 0 Å². The zero-order valence-corrected chi connectivity index (χ0v) is 13.9. The predicted molar refractivity (Wildman–Crippen MR) is 86.1 cm³/mol. The van der Waals surface area contributed by atoms with Crippen LogP contribution in [0.15, 0.2) is 0 Å². The van der Waals surface area contributed by atoms with Gasteiger partial charge in [0, 0.05) is 31.6 Å². The highest BCUT2D eigenvalue weighted by molar-refractivity contribution is 5.68. The van der Waals surface area contributed by atoms with Gasteiger partial charge in [0.25, 0.3) is 0 Å². The maximum Gasteiger partial charge on any atom is 0.410 e. The van der Waals surface area contributed by atoms with Crippen molar-refractivity contribution >= 4 is 6.09 Å². The van der Waals surface area contributed by atoms with Crippen LogP contribution >= 0.6 is 0 Å². The molecule has 0 aromatic heterocycles. The lowest BCUT2D eigenvalue weighted by Crippen LogP contribution is -2.40. The van der Waals surface area contributed by atoms with E-state index in [1.165, 1.54) is 0 Å². The molecule has 0 aromatic rings. The molecule has 1 saturated heterocycles. The maximum absolute atomic E-state index is 12.1. The first kappa shape index (κ1) is 17.8. The van der Waals surface area contributed by atoms with Gasteiger partial charge in [0.1, 0.15) is 5.60 Å². The first-order valence-corrected chi connectivity index (χ1v) is 8.03. The van der Waals surface area contributed by atoms with Crippen LogP contribution in [0, 0.1) is 12.3 Å². The Balaban J connectivity index is 2.46. The highest BCUT2D eigenvalue weighted by Crippen LogP contribution is 2.16. The van der Waals surface area contributed by atoms with E-state index in [9.17, 15) is 4.79 Å². The molecular formula is C17H30N2O2. The fourth-order valence-corrected chi connectivity index (χ4v) is 2.57. The van der Waals surface area contributed by atoms with Gasteiger partial charge in [0.2, 0.25) is 0 Å². The van der Waals surface area contributed by atoms with Gasteiger partial charge in [-0.05, 0) is 46.5 Å². The molecule has 0 aliphatic carbocycles. The van der Waals surface area contributed by atoms with Crippen LogP contribution in [0.2, 0.25) is 0 Å². The van der Waals surface area contributed by atoms with E-state index in [0.29, 0.717) is 12.1 Å². The van der Waals surface area contributed by atoms with E-state index < -0.39 is 5.60 Å². The van der Waals surface area contributed by atoms with Gasteiger partial charge in [0.05, 0.1) is 0 Å². The van der Waals surface area contributed by atoms with Gasteiger partial charge >= 0.3 is 6.09 Å². The lowest BCUT2D eigenvalue weighted by molar-refractivity contribution is 0.0256. The first-order valence-electron chi connectivity index (χ1n) is 8.03. The number of nitrogens with one attached hydrogen (secondary N) is 1. The van der Waals surface area contributed by atoms with Crippen molar-refractivity contribution in [2.24, 2.45) is 0 Å². The Morgan fingerprint density at radius 2 is 2.14 bits per heavy atom. The summed E-state index contributed by atoms with van der Waals surface area (Å²) < 4.78 is 5.45. The minimum Gasteiger partial charge on any atom is -0.444 e. The molecule has 4 heteroatoms. The quantitative estimate of drug-likeness (QED) is 0.810. The molecule has 4 nitrogen and oxygen atoms in total. The SMILES string of the molecule is C#CCC(CC)NC1CCCN(C(=O)OC(C)(C)C)CC1. The Morgan fingerprint density at radius 3 is 2.71 bits per heavy atom. The third-order valence-corrected chi connectivity index (χ3v) is 3.71. The minimum atomic E-state index is -0.429. The van der Waals surface area contributed by atoms with Crippen molar-refractivity contribution in [3.63, 3.8) is 0 Å². The molecule has 2 unspecified atom stereocenters. The second-order valence-electron chi connectivity index (χ2n) is 6.78. The molecule has 1 aliphatic rings. The van der Waals surface area contributed by atoms with Gasteiger partial charge in [-0.1, -0.05) is 6.92 Å². The van der Waals surface area contributed by atoms with Crippen LogP contribution in [0.1, 0.15) is 59.8 Å². The maximum atomic E-state index is 12.1. The molecule has 0 radical (unpaired) electrons. The topological polar surface area (TPSA) is 41.6 Å². The number of terminal acetylenes is 1. The van der Waals surface area contributed by atoms with Gasteiger partial charge in [-0.3, -0.25) is 0 Å². The van der Waals surface area contributed by atoms with Crippen LogP contribution in [0.25, 0.3) is 0 Å². The van der Waals surface area contributed by atoms with Crippen LogP contribution in [-0.2, 0) is 4.74 Å². The molecule has 0 spiro atoms. The normalized spacial score (nSPS) is 21.3. The second kappa shape index (κ2) is 8.29. The van der Waals surface area contributed by atoms with Crippen molar-refractivity contribution in [1.29, 1.82) is 0 Å². The van der Waals surface area contributed by atoms with Gasteiger partial charge in [-0.2, -0.15) is 0 Å². The predicted octanol–water partition coefficient (Wildman–Crippen LogP) is 3.17. The lowest BCUT2D eigenvalue weighted by atomic mass is 10.1. The van der Waals surface area contributed by atoms with E-state index >= 15 is 0 Å². The van der Waals surface area contributed by atoms with Gasteiger partial charge < -0.3 is 15.0 Å². The van der Waals surface area contributed by atoms with Gasteiger partial charge in [-0.15, -0.1) is 12.3 Å². The lowest BCUT2D eigenvalue weighted by Gasteiger charge is -2.26. The molecular weight excluding hydrogens is 264 g/mol. The van der Waals surface area contributed by atoms with Crippen LogP contribution in [0.4, 0.5) is 4.79 Å². The van der Waals surface area contributed by atoms with E-state index in [0.717, 1.165) is 45.2 Å². The molecule has 0 aromatic carbocycles. The number of amides is 1. The second-order valence-corrected chi connectivity index (χ2v) is 6.78. The van der Waals surface area contributed by atoms with E-state index in [1.54, 1.807) is 0 Å². The summed E-state index contributed by atoms with van der Waals surface area (Å²) in [7, 11) is 0. The molecule has 1 rings (SSSR count). The summed E-state index contributed by atoms with van der Waals surface area (Å²) in [5, 5.41) is 3.63. The molecule has 1 aliphatic heterocycles. The first-order chi connectivity index (χ1) is 9.85. The van der Waals surface area contributed by atoms with Gasteiger partial charge in [-0.25, -0.2) is 4.79 Å². The molecule has 1 N–H and O–H groups in total. The summed E-state index contributed by atoms with van der Waals surface area (Å²) >= 11 is 0. The van der Waals surface area contributed by atoms with E-state index in [1.807, 2.05) is 25.7 Å². The number of nitrogens with zero attached hydrogens (tertiary/aromatic N) is 1. The Labute approximate surface area is 129 Å². The Kier molecular flexibility index (Phi) is 7.04. The van der Waals surface area contributed by atoms with E-state index in [4.69, 9.17) is 11.2 Å². The molecule has 0 saturated carbocycles. The van der Waals surface area contributed by atoms with Crippen LogP contribution in [0.3, 0.4) is 0 Å². The number of rotatable bonds is 4. The highest BCUT2D eigenvalue weighted by Gasteiger charge is 2.25. The van der Waals surface area contributed by atoms with Crippen LogP contribution in [-0.4, -0.2) is 41.8 Å². The summed E-state index contributed by atoms with van der Waals surface area (Å²) in [6.45, 7) is 9.38. The monoisotopic (exact) mass is 294 g/mol. The molecule has 0 bridgehead atoms. The summed E-state index contributed by atoms with van der Waals surface area (Å²) in [5.74, 6) is 2.73. The van der Waals surface area contributed by atoms with E-state index in [2.05, 4.69) is 18.2 Å². The molecule has 1 amide bonds. The number of ether oxygens (including phenoxy) is 1. The summed E-state index contributed by atoms with van der Waals surface area (Å²) in [6.07, 6.45) is 10.1. The van der Waals surface area contributed by atoms with Gasteiger partial charge in [0.15, 0.2) is 0 Å². The van der Waals surface area contributed by atoms with Crippen molar-refractivity contribution in [2.45, 2.75) is 77.5 Å². The van der Waals surface area contributed by atoms with Crippen LogP contribution in [0.5, 0.6) is 0 Å². The summed E-state index contributed by atoms with van der Waals surface area (Å²) in [4.78, 5) is 13.9. The Hall–Kier alpha value is -1.21. The molecule has 21 heavy (non-hydrogen) atoms. The Morgan fingerprint density at radius 1 is 1.43 bits per heavy atom. The number of hydrogen-bond donors (Lipinski definition) is 1. The van der Waals surface area contributed by atoms with Crippen molar-refractivity contribution in [2.75, 3.05) is 13.1 Å². The zero-order valence-electron chi connectivity index (χ0n) is 13.9. The molecule has 1 heterocycles. The molecule has 1 fully saturated rings. The zero-order chi connectivity index (χ0) is 15.9. The molecule has 2 atom stereocenters.